The van der Waals surface area contributed by atoms with Gasteiger partial charge in [-0.15, -0.1) is 0 Å². The Morgan fingerprint density at radius 3 is 2.41 bits per heavy atom. The first-order valence-corrected chi connectivity index (χ1v) is 8.82. The van der Waals surface area contributed by atoms with E-state index in [0.717, 1.165) is 18.5 Å². The number of allylic oxidation sites excluding steroid dienone is 1. The predicted octanol–water partition coefficient (Wildman–Crippen LogP) is 4.02. The standard InChI is InChI=1S/C18H17ClF6N6O/c1-9(29-15(32)11-6-12(17(20,21)22)8-13(19)7-11)14(31-16(27)18(23,24)25)30-10(2)28-5-3-4-26/h3-9H,2,26H2,1H3,(H,29,32)(H2,27,30,31)/b4-3-,28-5-/t9-/m0/s1. The van der Waals surface area contributed by atoms with Crippen molar-refractivity contribution in [3.05, 3.63) is 59.0 Å². The van der Waals surface area contributed by atoms with Crippen LogP contribution in [0, 0.1) is 5.41 Å². The van der Waals surface area contributed by atoms with Gasteiger partial charge in [0, 0.05) is 16.8 Å². The molecule has 7 nitrogen and oxygen atoms in total. The molecule has 0 radical (unpaired) electrons. The number of carbonyl (C=O) groups is 1. The van der Waals surface area contributed by atoms with Crippen LogP contribution < -0.4 is 16.4 Å². The molecule has 0 aliphatic carbocycles. The molecule has 1 atom stereocenters. The summed E-state index contributed by atoms with van der Waals surface area (Å²) in [7, 11) is 0. The van der Waals surface area contributed by atoms with Crippen LogP contribution in [0.5, 0.6) is 0 Å². The van der Waals surface area contributed by atoms with Crippen molar-refractivity contribution >= 4 is 35.4 Å². The molecule has 0 spiro atoms. The molecule has 0 fully saturated rings. The normalized spacial score (nSPS) is 13.9. The van der Waals surface area contributed by atoms with Crippen molar-refractivity contribution in [2.24, 2.45) is 15.7 Å². The van der Waals surface area contributed by atoms with Gasteiger partial charge in [-0.1, -0.05) is 18.2 Å². The number of hydrogen-bond acceptors (Lipinski definition) is 4. The highest BCUT2D eigenvalue weighted by atomic mass is 35.5. The minimum absolute atomic E-state index is 0.222. The zero-order valence-corrected chi connectivity index (χ0v) is 17.0. The predicted molar refractivity (Wildman–Crippen MR) is 109 cm³/mol. The number of halogens is 7. The van der Waals surface area contributed by atoms with E-state index in [9.17, 15) is 31.1 Å². The highest BCUT2D eigenvalue weighted by molar-refractivity contribution is 6.31. The van der Waals surface area contributed by atoms with Crippen LogP contribution in [-0.2, 0) is 6.18 Å². The van der Waals surface area contributed by atoms with E-state index in [1.165, 1.54) is 13.0 Å². The average Bonchev–Trinajstić information content (AvgIpc) is 2.65. The molecule has 32 heavy (non-hydrogen) atoms. The number of nitrogens with one attached hydrogen (secondary N) is 3. The van der Waals surface area contributed by atoms with E-state index in [1.54, 1.807) is 0 Å². The molecule has 174 valence electrons. The van der Waals surface area contributed by atoms with Gasteiger partial charge in [0.2, 0.25) is 5.84 Å². The molecule has 0 saturated heterocycles. The lowest BCUT2D eigenvalue weighted by Gasteiger charge is -2.19. The number of nitrogens with zero attached hydrogens (tertiary/aromatic N) is 2. The van der Waals surface area contributed by atoms with Crippen LogP contribution in [0.1, 0.15) is 22.8 Å². The quantitative estimate of drug-likeness (QED) is 0.279. The van der Waals surface area contributed by atoms with Crippen molar-refractivity contribution in [1.29, 1.82) is 5.41 Å². The molecule has 1 amide bonds. The first-order valence-electron chi connectivity index (χ1n) is 8.45. The van der Waals surface area contributed by atoms with Crippen LogP contribution in [0.15, 0.2) is 52.9 Å². The van der Waals surface area contributed by atoms with Gasteiger partial charge in [0.1, 0.15) is 11.7 Å². The number of benzene rings is 1. The number of amides is 1. The average molecular weight is 483 g/mol. The molecular formula is C18H17ClF6N6O. The molecule has 0 unspecified atom stereocenters. The van der Waals surface area contributed by atoms with Gasteiger partial charge in [-0.3, -0.25) is 10.2 Å². The molecular weight excluding hydrogens is 466 g/mol. The van der Waals surface area contributed by atoms with E-state index in [-0.39, 0.29) is 10.8 Å². The van der Waals surface area contributed by atoms with E-state index >= 15 is 0 Å². The third-order valence-corrected chi connectivity index (χ3v) is 3.66. The van der Waals surface area contributed by atoms with Crippen LogP contribution in [0.25, 0.3) is 0 Å². The number of amidine groups is 2. The molecule has 1 aromatic carbocycles. The maximum absolute atomic E-state index is 12.9. The Morgan fingerprint density at radius 2 is 1.88 bits per heavy atom. The first kappa shape index (κ1) is 26.7. The number of alkyl halides is 6. The maximum Gasteiger partial charge on any atom is 0.450 e. The summed E-state index contributed by atoms with van der Waals surface area (Å²) >= 11 is 5.64. The fraction of sp³-hybridized carbons (Fsp3) is 0.222. The molecule has 1 rings (SSSR count). The monoisotopic (exact) mass is 482 g/mol. The Morgan fingerprint density at radius 1 is 1.25 bits per heavy atom. The van der Waals surface area contributed by atoms with Crippen molar-refractivity contribution in [3.63, 3.8) is 0 Å². The van der Waals surface area contributed by atoms with Crippen molar-refractivity contribution in [2.45, 2.75) is 25.3 Å². The summed E-state index contributed by atoms with van der Waals surface area (Å²) in [6, 6.07) is 0.746. The topological polar surface area (TPSA) is 116 Å². The molecule has 5 N–H and O–H groups in total. The van der Waals surface area contributed by atoms with Crippen molar-refractivity contribution in [2.75, 3.05) is 0 Å². The molecule has 0 bridgehead atoms. The summed E-state index contributed by atoms with van der Waals surface area (Å²) < 4.78 is 77.1. The van der Waals surface area contributed by atoms with E-state index in [0.29, 0.717) is 12.1 Å². The second-order valence-corrected chi connectivity index (χ2v) is 6.44. The molecule has 1 aromatic rings. The Hall–Kier alpha value is -3.35. The Labute approximate surface area is 183 Å². The van der Waals surface area contributed by atoms with Gasteiger partial charge < -0.3 is 16.4 Å². The lowest BCUT2D eigenvalue weighted by atomic mass is 10.1. The summed E-state index contributed by atoms with van der Waals surface area (Å²) in [5, 5.41) is 11.2. The lowest BCUT2D eigenvalue weighted by molar-refractivity contribution is -0.137. The van der Waals surface area contributed by atoms with Gasteiger partial charge in [-0.2, -0.15) is 26.3 Å². The van der Waals surface area contributed by atoms with E-state index in [4.69, 9.17) is 22.7 Å². The zero-order chi connectivity index (χ0) is 24.7. The number of carbonyl (C=O) groups excluding carboxylic acids is 1. The third-order valence-electron chi connectivity index (χ3n) is 3.45. The van der Waals surface area contributed by atoms with Gasteiger partial charge in [-0.25, -0.2) is 9.98 Å². The largest absolute Gasteiger partial charge is 0.450 e. The lowest BCUT2D eigenvalue weighted by Crippen LogP contribution is -2.45. The fourth-order valence-corrected chi connectivity index (χ4v) is 2.25. The third kappa shape index (κ3) is 8.41. The van der Waals surface area contributed by atoms with Crippen LogP contribution in [0.3, 0.4) is 0 Å². The molecule has 0 heterocycles. The molecule has 0 aliphatic rings. The van der Waals surface area contributed by atoms with Crippen LogP contribution in [-0.4, -0.2) is 36.0 Å². The molecule has 0 saturated carbocycles. The number of rotatable bonds is 6. The zero-order valence-electron chi connectivity index (χ0n) is 16.3. The summed E-state index contributed by atoms with van der Waals surface area (Å²) in [6.45, 7) is 4.61. The van der Waals surface area contributed by atoms with Crippen LogP contribution in [0.4, 0.5) is 26.3 Å². The van der Waals surface area contributed by atoms with Gasteiger partial charge in [-0.05, 0) is 37.4 Å². The van der Waals surface area contributed by atoms with Gasteiger partial charge >= 0.3 is 12.4 Å². The number of nitrogens with two attached hydrogens (primary N) is 1. The summed E-state index contributed by atoms with van der Waals surface area (Å²) in [5.74, 6) is -3.90. The smallest absolute Gasteiger partial charge is 0.405 e. The van der Waals surface area contributed by atoms with E-state index in [1.807, 2.05) is 0 Å². The van der Waals surface area contributed by atoms with Crippen LogP contribution in [0.2, 0.25) is 5.02 Å². The van der Waals surface area contributed by atoms with Crippen LogP contribution >= 0.6 is 11.6 Å². The highest BCUT2D eigenvalue weighted by Crippen LogP contribution is 2.31. The van der Waals surface area contributed by atoms with Crippen molar-refractivity contribution in [1.82, 2.24) is 10.6 Å². The minimum Gasteiger partial charge on any atom is -0.405 e. The summed E-state index contributed by atoms with van der Waals surface area (Å²) in [5.41, 5.74) is 3.43. The molecule has 0 aliphatic heterocycles. The molecule has 14 heteroatoms. The fourth-order valence-electron chi connectivity index (χ4n) is 2.01. The summed E-state index contributed by atoms with van der Waals surface area (Å²) in [6.07, 6.45) is -6.33. The van der Waals surface area contributed by atoms with E-state index in [2.05, 4.69) is 27.2 Å². The second-order valence-electron chi connectivity index (χ2n) is 6.00. The second kappa shape index (κ2) is 10.8. The Balaban J connectivity index is 3.20. The van der Waals surface area contributed by atoms with Crippen molar-refractivity contribution in [3.8, 4) is 0 Å². The molecule has 0 aromatic heterocycles. The minimum atomic E-state index is -5.10. The van der Waals surface area contributed by atoms with Crippen molar-refractivity contribution < 1.29 is 31.1 Å². The number of aliphatic imine (C=N–C) groups is 2. The SMILES string of the molecule is C=C(/N=C\C=C/N)N/C(=N\C(=N)C(F)(F)F)[C@H](C)NC(=O)c1cc(Cl)cc(C(F)(F)F)c1. The van der Waals surface area contributed by atoms with Gasteiger partial charge in [0.15, 0.2) is 0 Å². The highest BCUT2D eigenvalue weighted by Gasteiger charge is 2.35. The Bertz CT molecular complexity index is 968. The first-order chi connectivity index (χ1) is 14.6. The van der Waals surface area contributed by atoms with Gasteiger partial charge in [0.05, 0.1) is 11.6 Å². The maximum atomic E-state index is 12.9. The van der Waals surface area contributed by atoms with E-state index < -0.39 is 47.1 Å². The summed E-state index contributed by atoms with van der Waals surface area (Å²) in [4.78, 5) is 19.2. The number of hydrogen-bond donors (Lipinski definition) is 4. The van der Waals surface area contributed by atoms with Gasteiger partial charge in [0.25, 0.3) is 5.91 Å². The Kier molecular flexibility index (Phi) is 9.00.